The van der Waals surface area contributed by atoms with Gasteiger partial charge in [-0.05, 0) is 134 Å². The Balaban J connectivity index is 0.927. The topological polar surface area (TPSA) is 8.17 Å². The van der Waals surface area contributed by atoms with E-state index in [1.807, 2.05) is 0 Å². The maximum atomic E-state index is 2.51. The van der Waals surface area contributed by atoms with Crippen LogP contribution in [0.25, 0.3) is 82.4 Å². The molecule has 2 aliphatic carbocycles. The maximum absolute atomic E-state index is 2.51. The van der Waals surface area contributed by atoms with Crippen LogP contribution in [0.1, 0.15) is 36.8 Å². The molecule has 0 amide bonds. The molecule has 11 aromatic rings. The van der Waals surface area contributed by atoms with Crippen LogP contribution < -0.4 is 4.90 Å². The summed E-state index contributed by atoms with van der Waals surface area (Å²) in [6.45, 7) is 0. The summed E-state index contributed by atoms with van der Waals surface area (Å²) in [7, 11) is 0. The normalized spacial score (nSPS) is 13.9. The fraction of sp³-hybridized carbons (Fsp3) is 0.0820. The van der Waals surface area contributed by atoms with Crippen molar-refractivity contribution in [3.63, 3.8) is 0 Å². The van der Waals surface area contributed by atoms with E-state index in [4.69, 9.17) is 0 Å². The minimum Gasteiger partial charge on any atom is -0.310 e. The fourth-order valence-corrected chi connectivity index (χ4v) is 11.4. The van der Waals surface area contributed by atoms with Crippen LogP contribution in [-0.4, -0.2) is 4.57 Å². The van der Waals surface area contributed by atoms with Gasteiger partial charge in [0.05, 0.1) is 16.7 Å². The number of benzene rings is 10. The van der Waals surface area contributed by atoms with Crippen molar-refractivity contribution in [1.82, 2.24) is 4.57 Å². The number of hydrogen-bond acceptors (Lipinski definition) is 1. The third-order valence-electron chi connectivity index (χ3n) is 14.3. The third kappa shape index (κ3) is 5.57. The average molecular weight is 805 g/mol. The van der Waals surface area contributed by atoms with E-state index >= 15 is 0 Å². The fourth-order valence-electron chi connectivity index (χ4n) is 11.4. The predicted octanol–water partition coefficient (Wildman–Crippen LogP) is 16.7. The minimum absolute atomic E-state index is 0.147. The van der Waals surface area contributed by atoms with Gasteiger partial charge in [-0.25, -0.2) is 0 Å². The lowest BCUT2D eigenvalue weighted by Gasteiger charge is -2.28. The number of fused-ring (bicyclic) bond motifs is 11. The van der Waals surface area contributed by atoms with Crippen molar-refractivity contribution in [2.45, 2.75) is 31.1 Å². The van der Waals surface area contributed by atoms with Crippen LogP contribution in [0.2, 0.25) is 0 Å². The van der Waals surface area contributed by atoms with Crippen LogP contribution in [0.15, 0.2) is 218 Å². The third-order valence-corrected chi connectivity index (χ3v) is 14.3. The van der Waals surface area contributed by atoms with E-state index < -0.39 is 0 Å². The van der Waals surface area contributed by atoms with E-state index in [0.29, 0.717) is 0 Å². The summed E-state index contributed by atoms with van der Waals surface area (Å²) >= 11 is 0. The van der Waals surface area contributed by atoms with Gasteiger partial charge in [0.1, 0.15) is 0 Å². The molecule has 0 saturated heterocycles. The first-order valence-corrected chi connectivity index (χ1v) is 22.5. The molecule has 0 N–H and O–H groups in total. The van der Waals surface area contributed by atoms with Crippen LogP contribution >= 0.6 is 0 Å². The summed E-state index contributed by atoms with van der Waals surface area (Å²) in [6, 6.07) is 81.2. The summed E-state index contributed by atoms with van der Waals surface area (Å²) in [4.78, 5) is 2.45. The lowest BCUT2D eigenvalue weighted by molar-refractivity contribution is 0.550. The molecule has 2 aliphatic rings. The second-order valence-corrected chi connectivity index (χ2v) is 17.6. The largest absolute Gasteiger partial charge is 0.310 e. The molecule has 1 saturated carbocycles. The Morgan fingerprint density at radius 2 is 0.921 bits per heavy atom. The van der Waals surface area contributed by atoms with Crippen LogP contribution in [0.3, 0.4) is 0 Å². The number of nitrogens with zero attached hydrogens (tertiary/aromatic N) is 2. The number of hydrogen-bond donors (Lipinski definition) is 0. The lowest BCUT2D eigenvalue weighted by atomic mass is 9.76. The highest BCUT2D eigenvalue weighted by Gasteiger charge is 2.44. The van der Waals surface area contributed by atoms with Crippen LogP contribution in [-0.2, 0) is 5.41 Å². The Bertz CT molecular complexity index is 3550. The van der Waals surface area contributed by atoms with Crippen molar-refractivity contribution in [3.05, 3.63) is 230 Å². The highest BCUT2D eigenvalue weighted by atomic mass is 15.1. The smallest absolute Gasteiger partial charge is 0.0547 e. The highest BCUT2D eigenvalue weighted by Crippen LogP contribution is 2.57. The van der Waals surface area contributed by atoms with E-state index in [1.54, 1.807) is 0 Å². The van der Waals surface area contributed by atoms with Gasteiger partial charge in [-0.3, -0.25) is 0 Å². The van der Waals surface area contributed by atoms with Crippen LogP contribution in [0.4, 0.5) is 17.1 Å². The molecule has 63 heavy (non-hydrogen) atoms. The first-order chi connectivity index (χ1) is 31.2. The second kappa shape index (κ2) is 14.2. The van der Waals surface area contributed by atoms with Gasteiger partial charge in [-0.1, -0.05) is 171 Å². The molecule has 10 aromatic carbocycles. The zero-order valence-electron chi connectivity index (χ0n) is 35.0. The van der Waals surface area contributed by atoms with Gasteiger partial charge in [0.25, 0.3) is 0 Å². The Morgan fingerprint density at radius 3 is 1.68 bits per heavy atom. The van der Waals surface area contributed by atoms with Crippen LogP contribution in [0, 0.1) is 0 Å². The second-order valence-electron chi connectivity index (χ2n) is 17.6. The van der Waals surface area contributed by atoms with Gasteiger partial charge >= 0.3 is 0 Å². The lowest BCUT2D eigenvalue weighted by Crippen LogP contribution is -2.20. The standard InChI is InChI=1S/C61H44N2/c1-2-15-46(16-3-1)63-58-23-11-9-21-54(58)55-35-29-44(39-60(55)63)42-26-32-48(33-27-42)62(59-40-45-14-4-5-17-49(45)50-18-6-7-20-53(50)59)47-30-24-41(25-31-47)43-28-34-52-51-19-8-10-22-56(51)61(57(52)38-43)36-12-13-37-61/h1-11,14-35,38-40H,12-13,36-37H2. The molecule has 2 nitrogen and oxygen atoms in total. The number of aromatic nitrogens is 1. The number of para-hydroxylation sites is 2. The molecule has 0 unspecified atom stereocenters. The van der Waals surface area contributed by atoms with Crippen molar-refractivity contribution in [3.8, 4) is 39.1 Å². The molecule has 0 bridgehead atoms. The molecule has 0 radical (unpaired) electrons. The van der Waals surface area contributed by atoms with E-state index in [0.717, 1.165) is 17.1 Å². The number of anilines is 3. The number of rotatable bonds is 6. The van der Waals surface area contributed by atoms with Gasteiger partial charge in [0, 0.05) is 38.6 Å². The van der Waals surface area contributed by atoms with E-state index in [-0.39, 0.29) is 5.41 Å². The Morgan fingerprint density at radius 1 is 0.365 bits per heavy atom. The van der Waals surface area contributed by atoms with Crippen molar-refractivity contribution >= 4 is 60.4 Å². The summed E-state index contributed by atoms with van der Waals surface area (Å²) < 4.78 is 2.40. The first kappa shape index (κ1) is 36.0. The van der Waals surface area contributed by atoms with Gasteiger partial charge in [0.2, 0.25) is 0 Å². The first-order valence-electron chi connectivity index (χ1n) is 22.5. The van der Waals surface area contributed by atoms with E-state index in [1.165, 1.54) is 119 Å². The molecular weight excluding hydrogens is 761 g/mol. The van der Waals surface area contributed by atoms with Crippen LogP contribution in [0.5, 0.6) is 0 Å². The molecule has 2 heteroatoms. The summed E-state index contributed by atoms with van der Waals surface area (Å²) in [5, 5.41) is 7.50. The van der Waals surface area contributed by atoms with Crippen molar-refractivity contribution in [2.24, 2.45) is 0 Å². The summed E-state index contributed by atoms with van der Waals surface area (Å²) in [5.41, 5.74) is 18.0. The van der Waals surface area contributed by atoms with E-state index in [2.05, 4.69) is 228 Å². The molecule has 0 atom stereocenters. The molecule has 1 spiro atoms. The van der Waals surface area contributed by atoms with Gasteiger partial charge in [-0.2, -0.15) is 0 Å². The molecular formula is C61H44N2. The highest BCUT2D eigenvalue weighted by molar-refractivity contribution is 6.15. The van der Waals surface area contributed by atoms with Gasteiger partial charge in [0.15, 0.2) is 0 Å². The van der Waals surface area contributed by atoms with Gasteiger partial charge < -0.3 is 9.47 Å². The van der Waals surface area contributed by atoms with E-state index in [9.17, 15) is 0 Å². The quantitative estimate of drug-likeness (QED) is 0.152. The SMILES string of the molecule is c1ccc(-n2c3ccccc3c3ccc(-c4ccc(N(c5ccc(-c6ccc7c(c6)C6(CCCC6)c6ccccc6-7)cc5)c5cc6ccccc6c6ccccc56)cc4)cc32)cc1. The van der Waals surface area contributed by atoms with Crippen molar-refractivity contribution < 1.29 is 0 Å². The van der Waals surface area contributed by atoms with Crippen molar-refractivity contribution in [1.29, 1.82) is 0 Å². The monoisotopic (exact) mass is 804 g/mol. The average Bonchev–Trinajstić information content (AvgIpc) is 4.06. The zero-order chi connectivity index (χ0) is 41.5. The Hall–Kier alpha value is -7.68. The van der Waals surface area contributed by atoms with Gasteiger partial charge in [-0.15, -0.1) is 0 Å². The predicted molar refractivity (Wildman–Crippen MR) is 266 cm³/mol. The molecule has 1 aromatic heterocycles. The molecule has 0 aliphatic heterocycles. The molecule has 298 valence electrons. The molecule has 1 heterocycles. The van der Waals surface area contributed by atoms with Crippen molar-refractivity contribution in [2.75, 3.05) is 4.90 Å². The summed E-state index contributed by atoms with van der Waals surface area (Å²) in [5.74, 6) is 0. The Kier molecular flexibility index (Phi) is 8.11. The maximum Gasteiger partial charge on any atom is 0.0547 e. The summed E-state index contributed by atoms with van der Waals surface area (Å²) in [6.07, 6.45) is 5.06. The Labute approximate surface area is 367 Å². The molecule has 13 rings (SSSR count). The zero-order valence-corrected chi connectivity index (χ0v) is 35.0. The molecule has 1 fully saturated rings. The minimum atomic E-state index is 0.147.